The van der Waals surface area contributed by atoms with Gasteiger partial charge < -0.3 is 10.2 Å². The van der Waals surface area contributed by atoms with Crippen LogP contribution in [0.1, 0.15) is 88.0 Å². The molecule has 2 heterocycles. The van der Waals surface area contributed by atoms with E-state index in [1.807, 2.05) is 0 Å². The number of piperidine rings is 1. The molecule has 1 aromatic heterocycles. The van der Waals surface area contributed by atoms with E-state index < -0.39 is 0 Å². The summed E-state index contributed by atoms with van der Waals surface area (Å²) in [7, 11) is 0. The van der Waals surface area contributed by atoms with Gasteiger partial charge in [-0.25, -0.2) is 4.98 Å². The Kier molecular flexibility index (Phi) is 6.67. The summed E-state index contributed by atoms with van der Waals surface area (Å²) in [5.41, 5.74) is 1.27. The zero-order valence-corrected chi connectivity index (χ0v) is 16.8. The largest absolute Gasteiger partial charge is 0.351 e. The number of hydrogen-bond acceptors (Lipinski definition) is 4. The van der Waals surface area contributed by atoms with Gasteiger partial charge in [-0.15, -0.1) is 0 Å². The number of amides is 1. The summed E-state index contributed by atoms with van der Waals surface area (Å²) in [5, 5.41) is 4.12. The van der Waals surface area contributed by atoms with Crippen molar-refractivity contribution in [2.45, 2.75) is 72.6 Å². The Balaban J connectivity index is 2.01. The Morgan fingerprint density at radius 2 is 1.92 bits per heavy atom. The molecule has 5 heteroatoms. The molecular weight excluding hydrogens is 318 g/mol. The van der Waals surface area contributed by atoms with Crippen molar-refractivity contribution in [1.29, 1.82) is 0 Å². The molecule has 1 N–H and O–H groups in total. The number of carbonyl (C=O) groups is 1. The van der Waals surface area contributed by atoms with Crippen LogP contribution >= 0.6 is 11.3 Å². The van der Waals surface area contributed by atoms with Gasteiger partial charge in [0.2, 0.25) is 0 Å². The predicted octanol–water partition coefficient (Wildman–Crippen LogP) is 4.81. The summed E-state index contributed by atoms with van der Waals surface area (Å²) >= 11 is 1.57. The van der Waals surface area contributed by atoms with E-state index in [2.05, 4.69) is 44.8 Å². The van der Waals surface area contributed by atoms with E-state index in [0.717, 1.165) is 48.2 Å². The number of nitrogens with zero attached hydrogens (tertiary/aromatic N) is 2. The lowest BCUT2D eigenvalue weighted by molar-refractivity contribution is 0.0954. The molecular formula is C19H33N3OS. The topological polar surface area (TPSA) is 45.2 Å². The van der Waals surface area contributed by atoms with Crippen molar-refractivity contribution in [2.24, 2.45) is 5.41 Å². The van der Waals surface area contributed by atoms with Gasteiger partial charge in [-0.3, -0.25) is 4.79 Å². The first-order valence-electron chi connectivity index (χ1n) is 9.32. The number of nitrogens with one attached hydrogen (secondary N) is 1. The highest BCUT2D eigenvalue weighted by Gasteiger charge is 2.23. The van der Waals surface area contributed by atoms with Crippen molar-refractivity contribution >= 4 is 22.4 Å². The summed E-state index contributed by atoms with van der Waals surface area (Å²) in [4.78, 5) is 20.6. The first kappa shape index (κ1) is 19.2. The molecule has 0 saturated carbocycles. The van der Waals surface area contributed by atoms with Crippen molar-refractivity contribution in [3.05, 3.63) is 10.6 Å². The fourth-order valence-electron chi connectivity index (χ4n) is 3.00. The van der Waals surface area contributed by atoms with Crippen LogP contribution in [-0.2, 0) is 0 Å². The molecule has 1 fully saturated rings. The minimum atomic E-state index is 0.0494. The monoisotopic (exact) mass is 351 g/mol. The lowest BCUT2D eigenvalue weighted by Crippen LogP contribution is -2.29. The molecule has 24 heavy (non-hydrogen) atoms. The van der Waals surface area contributed by atoms with Gasteiger partial charge >= 0.3 is 0 Å². The molecule has 1 saturated heterocycles. The Bertz CT molecular complexity index is 539. The minimum Gasteiger partial charge on any atom is -0.351 e. The van der Waals surface area contributed by atoms with E-state index in [1.54, 1.807) is 11.3 Å². The van der Waals surface area contributed by atoms with E-state index in [4.69, 9.17) is 4.98 Å². The Morgan fingerprint density at radius 1 is 1.25 bits per heavy atom. The molecule has 4 nitrogen and oxygen atoms in total. The van der Waals surface area contributed by atoms with Crippen LogP contribution in [0.3, 0.4) is 0 Å². The average Bonchev–Trinajstić information content (AvgIpc) is 2.97. The van der Waals surface area contributed by atoms with E-state index in [0.29, 0.717) is 5.41 Å². The molecule has 0 aliphatic carbocycles. The van der Waals surface area contributed by atoms with Crippen LogP contribution in [-0.4, -0.2) is 30.5 Å². The average molecular weight is 352 g/mol. The van der Waals surface area contributed by atoms with E-state index in [1.165, 1.54) is 19.3 Å². The molecule has 0 bridgehead atoms. The zero-order chi connectivity index (χ0) is 17.7. The quantitative estimate of drug-likeness (QED) is 0.748. The number of carbonyl (C=O) groups excluding carboxylic acids is 1. The summed E-state index contributed by atoms with van der Waals surface area (Å²) < 4.78 is 0. The number of rotatable bonds is 6. The van der Waals surface area contributed by atoms with Crippen LogP contribution in [0.5, 0.6) is 0 Å². The maximum absolute atomic E-state index is 12.6. The van der Waals surface area contributed by atoms with Gasteiger partial charge in [-0.05, 0) is 43.4 Å². The first-order valence-corrected chi connectivity index (χ1v) is 10.1. The highest BCUT2D eigenvalue weighted by Crippen LogP contribution is 2.32. The second-order valence-corrected chi connectivity index (χ2v) is 9.31. The standard InChI is InChI=1S/C19H33N3OS/c1-14(2)15-16(17(23)20-11-9-10-19(3,4)5)24-18(21-15)22-12-7-6-8-13-22/h14H,6-13H2,1-5H3,(H,20,23). The van der Waals surface area contributed by atoms with E-state index >= 15 is 0 Å². The maximum Gasteiger partial charge on any atom is 0.263 e. The molecule has 0 radical (unpaired) electrons. The third-order valence-corrected chi connectivity index (χ3v) is 5.54. The molecule has 0 atom stereocenters. The van der Waals surface area contributed by atoms with Crippen LogP contribution in [0.2, 0.25) is 0 Å². The van der Waals surface area contributed by atoms with Crippen LogP contribution in [0.15, 0.2) is 0 Å². The molecule has 1 aromatic rings. The molecule has 136 valence electrons. The summed E-state index contributed by atoms with van der Waals surface area (Å²) in [6, 6.07) is 0. The smallest absolute Gasteiger partial charge is 0.263 e. The van der Waals surface area contributed by atoms with Crippen molar-refractivity contribution < 1.29 is 4.79 Å². The fraction of sp³-hybridized carbons (Fsp3) is 0.789. The lowest BCUT2D eigenvalue weighted by Gasteiger charge is -2.25. The zero-order valence-electron chi connectivity index (χ0n) is 15.9. The second kappa shape index (κ2) is 8.32. The molecule has 0 unspecified atom stereocenters. The van der Waals surface area contributed by atoms with Crippen LogP contribution < -0.4 is 10.2 Å². The summed E-state index contributed by atoms with van der Waals surface area (Å²) in [6.07, 6.45) is 5.89. The number of thiazole rings is 1. The van der Waals surface area contributed by atoms with Gasteiger partial charge in [0, 0.05) is 19.6 Å². The Labute approximate surface area is 151 Å². The third kappa shape index (κ3) is 5.47. The Morgan fingerprint density at radius 3 is 2.50 bits per heavy atom. The molecule has 0 spiro atoms. The van der Waals surface area contributed by atoms with Gasteiger partial charge in [0.15, 0.2) is 5.13 Å². The SMILES string of the molecule is CC(C)c1nc(N2CCCCC2)sc1C(=O)NCCCC(C)(C)C. The van der Waals surface area contributed by atoms with Crippen LogP contribution in [0, 0.1) is 5.41 Å². The number of aromatic nitrogens is 1. The first-order chi connectivity index (χ1) is 11.3. The number of anilines is 1. The maximum atomic E-state index is 12.6. The van der Waals surface area contributed by atoms with Gasteiger partial charge in [-0.2, -0.15) is 0 Å². The molecule has 1 aliphatic heterocycles. The fourth-order valence-corrected chi connectivity index (χ4v) is 4.18. The highest BCUT2D eigenvalue weighted by molar-refractivity contribution is 7.17. The van der Waals surface area contributed by atoms with Gasteiger partial charge in [0.25, 0.3) is 5.91 Å². The van der Waals surface area contributed by atoms with E-state index in [9.17, 15) is 4.79 Å². The predicted molar refractivity (Wildman–Crippen MR) is 103 cm³/mol. The summed E-state index contributed by atoms with van der Waals surface area (Å²) in [6.45, 7) is 13.8. The van der Waals surface area contributed by atoms with Crippen molar-refractivity contribution in [2.75, 3.05) is 24.5 Å². The van der Waals surface area contributed by atoms with Crippen molar-refractivity contribution in [3.63, 3.8) is 0 Å². The van der Waals surface area contributed by atoms with Gasteiger partial charge in [0.05, 0.1) is 5.69 Å². The number of hydrogen-bond donors (Lipinski definition) is 1. The van der Waals surface area contributed by atoms with E-state index in [-0.39, 0.29) is 11.8 Å². The van der Waals surface area contributed by atoms with Crippen LogP contribution in [0.4, 0.5) is 5.13 Å². The van der Waals surface area contributed by atoms with Crippen molar-refractivity contribution in [3.8, 4) is 0 Å². The van der Waals surface area contributed by atoms with Crippen LogP contribution in [0.25, 0.3) is 0 Å². The Hall–Kier alpha value is -1.10. The molecule has 1 amide bonds. The lowest BCUT2D eigenvalue weighted by atomic mass is 9.91. The second-order valence-electron chi connectivity index (χ2n) is 8.33. The third-order valence-electron chi connectivity index (χ3n) is 4.41. The summed E-state index contributed by atoms with van der Waals surface area (Å²) in [5.74, 6) is 0.323. The van der Waals surface area contributed by atoms with Crippen molar-refractivity contribution in [1.82, 2.24) is 10.3 Å². The van der Waals surface area contributed by atoms with Gasteiger partial charge in [-0.1, -0.05) is 46.0 Å². The normalized spacial score (nSPS) is 15.8. The molecule has 0 aromatic carbocycles. The minimum absolute atomic E-state index is 0.0494. The highest BCUT2D eigenvalue weighted by atomic mass is 32.1. The van der Waals surface area contributed by atoms with Gasteiger partial charge in [0.1, 0.15) is 4.88 Å². The molecule has 1 aliphatic rings. The molecule has 2 rings (SSSR count).